The molecule has 2 atom stereocenters. The number of hydrogen-bond acceptors (Lipinski definition) is 3. The lowest BCUT2D eigenvalue weighted by molar-refractivity contribution is -0.147. The SMILES string of the molecule is CN1CCCC(C2CN(C(C)(C)C(=O)O)C(=O)N2)C1. The summed E-state index contributed by atoms with van der Waals surface area (Å²) in [5.41, 5.74) is -1.15. The van der Waals surface area contributed by atoms with Crippen LogP contribution in [0.3, 0.4) is 0 Å². The van der Waals surface area contributed by atoms with E-state index in [0.717, 1.165) is 25.9 Å². The maximum atomic E-state index is 12.0. The Hall–Kier alpha value is -1.30. The Morgan fingerprint density at radius 3 is 2.68 bits per heavy atom. The topological polar surface area (TPSA) is 72.9 Å². The van der Waals surface area contributed by atoms with Crippen LogP contribution in [-0.2, 0) is 4.79 Å². The third-order valence-electron chi connectivity index (χ3n) is 4.36. The van der Waals surface area contributed by atoms with Gasteiger partial charge in [0.15, 0.2) is 0 Å². The molecule has 0 bridgehead atoms. The molecule has 0 saturated carbocycles. The maximum Gasteiger partial charge on any atom is 0.329 e. The van der Waals surface area contributed by atoms with Gasteiger partial charge in [-0.05, 0) is 46.2 Å². The van der Waals surface area contributed by atoms with Crippen molar-refractivity contribution in [2.24, 2.45) is 5.92 Å². The van der Waals surface area contributed by atoms with Crippen LogP contribution in [0.2, 0.25) is 0 Å². The molecule has 2 amide bonds. The van der Waals surface area contributed by atoms with E-state index in [9.17, 15) is 14.7 Å². The molecular formula is C13H23N3O3. The predicted molar refractivity (Wildman–Crippen MR) is 71.0 cm³/mol. The second kappa shape index (κ2) is 5.00. The lowest BCUT2D eigenvalue weighted by atomic mass is 9.91. The lowest BCUT2D eigenvalue weighted by Gasteiger charge is -2.34. The molecule has 0 spiro atoms. The molecule has 0 aromatic rings. The van der Waals surface area contributed by atoms with E-state index in [2.05, 4.69) is 17.3 Å². The number of nitrogens with zero attached hydrogens (tertiary/aromatic N) is 2. The van der Waals surface area contributed by atoms with Crippen LogP contribution >= 0.6 is 0 Å². The van der Waals surface area contributed by atoms with Gasteiger partial charge in [0.1, 0.15) is 5.54 Å². The van der Waals surface area contributed by atoms with Gasteiger partial charge in [-0.25, -0.2) is 9.59 Å². The monoisotopic (exact) mass is 269 g/mol. The zero-order valence-electron chi connectivity index (χ0n) is 11.8. The zero-order chi connectivity index (χ0) is 14.2. The summed E-state index contributed by atoms with van der Waals surface area (Å²) in [5.74, 6) is -0.554. The molecule has 2 rings (SSSR count). The van der Waals surface area contributed by atoms with Crippen LogP contribution in [0.15, 0.2) is 0 Å². The zero-order valence-corrected chi connectivity index (χ0v) is 11.8. The smallest absolute Gasteiger partial charge is 0.329 e. The Bertz CT molecular complexity index is 383. The Balaban J connectivity index is 2.05. The molecule has 2 N–H and O–H groups in total. The predicted octanol–water partition coefficient (Wildman–Crippen LogP) is 0.585. The van der Waals surface area contributed by atoms with Crippen LogP contribution in [-0.4, -0.2) is 65.2 Å². The first kappa shape index (κ1) is 14.1. The van der Waals surface area contributed by atoms with Crippen molar-refractivity contribution in [2.75, 3.05) is 26.7 Å². The van der Waals surface area contributed by atoms with E-state index in [0.29, 0.717) is 12.5 Å². The third-order valence-corrected chi connectivity index (χ3v) is 4.36. The van der Waals surface area contributed by atoms with Gasteiger partial charge in [-0.1, -0.05) is 0 Å². The Labute approximate surface area is 113 Å². The second-order valence-corrected chi connectivity index (χ2v) is 6.20. The van der Waals surface area contributed by atoms with Crippen molar-refractivity contribution in [1.82, 2.24) is 15.1 Å². The van der Waals surface area contributed by atoms with Crippen molar-refractivity contribution in [3.05, 3.63) is 0 Å². The van der Waals surface area contributed by atoms with Crippen molar-refractivity contribution in [2.45, 2.75) is 38.3 Å². The van der Waals surface area contributed by atoms with Crippen LogP contribution in [0, 0.1) is 5.92 Å². The fourth-order valence-corrected chi connectivity index (χ4v) is 2.96. The number of rotatable bonds is 3. The molecule has 19 heavy (non-hydrogen) atoms. The van der Waals surface area contributed by atoms with Gasteiger partial charge in [0.05, 0.1) is 6.04 Å². The van der Waals surface area contributed by atoms with Gasteiger partial charge in [-0.3, -0.25) is 0 Å². The van der Waals surface area contributed by atoms with E-state index < -0.39 is 11.5 Å². The highest BCUT2D eigenvalue weighted by atomic mass is 16.4. The number of piperidine rings is 1. The van der Waals surface area contributed by atoms with Gasteiger partial charge in [-0.15, -0.1) is 0 Å². The van der Waals surface area contributed by atoms with Crippen LogP contribution in [0.1, 0.15) is 26.7 Å². The molecule has 2 unspecified atom stereocenters. The van der Waals surface area contributed by atoms with E-state index >= 15 is 0 Å². The highest BCUT2D eigenvalue weighted by molar-refractivity contribution is 5.87. The molecule has 2 heterocycles. The molecule has 2 saturated heterocycles. The first-order valence-corrected chi connectivity index (χ1v) is 6.82. The molecule has 2 aliphatic heterocycles. The summed E-state index contributed by atoms with van der Waals surface area (Å²) < 4.78 is 0. The first-order chi connectivity index (χ1) is 8.82. The summed E-state index contributed by atoms with van der Waals surface area (Å²) in [7, 11) is 2.09. The number of carbonyl (C=O) groups excluding carboxylic acids is 1. The number of aliphatic carboxylic acids is 1. The van der Waals surface area contributed by atoms with Crippen LogP contribution in [0.4, 0.5) is 4.79 Å². The molecule has 108 valence electrons. The molecule has 6 nitrogen and oxygen atoms in total. The molecule has 2 fully saturated rings. The molecular weight excluding hydrogens is 246 g/mol. The Kier molecular flexibility index (Phi) is 3.71. The standard InChI is InChI=1S/C13H23N3O3/c1-13(2,11(17)18)16-8-10(14-12(16)19)9-5-4-6-15(3)7-9/h9-10H,4-8H2,1-3H3,(H,14,19)(H,17,18). The van der Waals surface area contributed by atoms with E-state index in [-0.39, 0.29) is 12.1 Å². The largest absolute Gasteiger partial charge is 0.480 e. The number of amides is 2. The summed E-state index contributed by atoms with van der Waals surface area (Å²) >= 11 is 0. The number of carboxylic acid groups (broad SMARTS) is 1. The van der Waals surface area contributed by atoms with Crippen LogP contribution < -0.4 is 5.32 Å². The van der Waals surface area contributed by atoms with E-state index in [1.807, 2.05) is 0 Å². The normalized spacial score (nSPS) is 29.4. The highest BCUT2D eigenvalue weighted by Gasteiger charge is 2.45. The van der Waals surface area contributed by atoms with Crippen molar-refractivity contribution < 1.29 is 14.7 Å². The van der Waals surface area contributed by atoms with E-state index in [1.54, 1.807) is 13.8 Å². The van der Waals surface area contributed by atoms with Gasteiger partial charge in [-0.2, -0.15) is 0 Å². The van der Waals surface area contributed by atoms with E-state index in [1.165, 1.54) is 4.90 Å². The quantitative estimate of drug-likeness (QED) is 0.786. The number of nitrogens with one attached hydrogen (secondary N) is 1. The average Bonchev–Trinajstić information content (AvgIpc) is 2.72. The summed E-state index contributed by atoms with van der Waals surface area (Å²) in [5, 5.41) is 12.2. The summed E-state index contributed by atoms with van der Waals surface area (Å²) in [6, 6.07) is -0.195. The number of likely N-dealkylation sites (tertiary alicyclic amines) is 1. The van der Waals surface area contributed by atoms with Gasteiger partial charge in [0.25, 0.3) is 0 Å². The van der Waals surface area contributed by atoms with Crippen LogP contribution in [0.25, 0.3) is 0 Å². The van der Waals surface area contributed by atoms with Crippen molar-refractivity contribution >= 4 is 12.0 Å². The Morgan fingerprint density at radius 2 is 2.11 bits per heavy atom. The molecule has 0 aromatic heterocycles. The minimum Gasteiger partial charge on any atom is -0.480 e. The lowest BCUT2D eigenvalue weighted by Crippen LogP contribution is -2.51. The minimum absolute atomic E-state index is 0.0638. The minimum atomic E-state index is -1.15. The van der Waals surface area contributed by atoms with Crippen molar-refractivity contribution in [3.8, 4) is 0 Å². The van der Waals surface area contributed by atoms with Crippen molar-refractivity contribution in [1.29, 1.82) is 0 Å². The third kappa shape index (κ3) is 2.68. The maximum absolute atomic E-state index is 12.0. The number of carboxylic acids is 1. The number of carbonyl (C=O) groups is 2. The molecule has 6 heteroatoms. The summed E-state index contributed by atoms with van der Waals surface area (Å²) in [4.78, 5) is 27.0. The summed E-state index contributed by atoms with van der Waals surface area (Å²) in [6.07, 6.45) is 2.23. The molecule has 0 radical (unpaired) electrons. The van der Waals surface area contributed by atoms with Crippen LogP contribution in [0.5, 0.6) is 0 Å². The highest BCUT2D eigenvalue weighted by Crippen LogP contribution is 2.26. The number of hydrogen-bond donors (Lipinski definition) is 2. The molecule has 0 aliphatic carbocycles. The summed E-state index contributed by atoms with van der Waals surface area (Å²) in [6.45, 7) is 5.69. The Morgan fingerprint density at radius 1 is 1.42 bits per heavy atom. The average molecular weight is 269 g/mol. The molecule has 2 aliphatic rings. The molecule has 0 aromatic carbocycles. The van der Waals surface area contributed by atoms with Gasteiger partial charge in [0, 0.05) is 13.1 Å². The first-order valence-electron chi connectivity index (χ1n) is 6.82. The van der Waals surface area contributed by atoms with Crippen molar-refractivity contribution in [3.63, 3.8) is 0 Å². The fraction of sp³-hybridized carbons (Fsp3) is 0.846. The van der Waals surface area contributed by atoms with Gasteiger partial charge in [0.2, 0.25) is 0 Å². The van der Waals surface area contributed by atoms with Gasteiger partial charge < -0.3 is 20.2 Å². The number of urea groups is 1. The van der Waals surface area contributed by atoms with E-state index in [4.69, 9.17) is 0 Å². The second-order valence-electron chi connectivity index (χ2n) is 6.20. The van der Waals surface area contributed by atoms with Gasteiger partial charge >= 0.3 is 12.0 Å². The fourth-order valence-electron chi connectivity index (χ4n) is 2.96.